The fourth-order valence-corrected chi connectivity index (χ4v) is 2.77. The molecule has 0 atom stereocenters. The summed E-state index contributed by atoms with van der Waals surface area (Å²) in [5.74, 6) is 0.889. The summed E-state index contributed by atoms with van der Waals surface area (Å²) in [6.45, 7) is 10.1. The van der Waals surface area contributed by atoms with E-state index in [0.29, 0.717) is 0 Å². The maximum absolute atomic E-state index is 5.36. The first-order valence-electron chi connectivity index (χ1n) is 8.59. The highest BCUT2D eigenvalue weighted by atomic mass is 16.5. The second-order valence-electron chi connectivity index (χ2n) is 6.46. The summed E-state index contributed by atoms with van der Waals surface area (Å²) in [5, 5.41) is 0. The number of nitrogens with zero attached hydrogens (tertiary/aromatic N) is 1. The van der Waals surface area contributed by atoms with Crippen molar-refractivity contribution in [3.05, 3.63) is 0 Å². The monoisotopic (exact) mass is 269 g/mol. The fraction of sp³-hybridized carbons (Fsp3) is 1.00. The smallest absolute Gasteiger partial charge is 0.0594 e. The molecule has 0 saturated carbocycles. The van der Waals surface area contributed by atoms with E-state index in [-0.39, 0.29) is 0 Å². The highest BCUT2D eigenvalue weighted by Gasteiger charge is 2.08. The lowest BCUT2D eigenvalue weighted by Crippen LogP contribution is -2.36. The van der Waals surface area contributed by atoms with Crippen molar-refractivity contribution < 1.29 is 4.74 Å². The zero-order chi connectivity index (χ0) is 13.8. The molecule has 1 fully saturated rings. The maximum Gasteiger partial charge on any atom is 0.0594 e. The third-order valence-corrected chi connectivity index (χ3v) is 4.11. The van der Waals surface area contributed by atoms with Gasteiger partial charge in [0.05, 0.1) is 13.2 Å². The van der Waals surface area contributed by atoms with E-state index in [1.165, 1.54) is 64.3 Å². The summed E-state index contributed by atoms with van der Waals surface area (Å²) in [7, 11) is 0. The Balaban J connectivity index is 1.73. The molecule has 0 aliphatic carbocycles. The predicted molar refractivity (Wildman–Crippen MR) is 83.7 cm³/mol. The van der Waals surface area contributed by atoms with E-state index >= 15 is 0 Å². The summed E-state index contributed by atoms with van der Waals surface area (Å²) in [6, 6.07) is 0. The molecule has 2 nitrogen and oxygen atoms in total. The molecule has 0 aromatic heterocycles. The minimum Gasteiger partial charge on any atom is -0.379 e. The molecule has 0 bridgehead atoms. The van der Waals surface area contributed by atoms with Crippen molar-refractivity contribution in [3.8, 4) is 0 Å². The van der Waals surface area contributed by atoms with Crippen molar-refractivity contribution in [1.82, 2.24) is 4.90 Å². The van der Waals surface area contributed by atoms with Crippen molar-refractivity contribution >= 4 is 0 Å². The second-order valence-corrected chi connectivity index (χ2v) is 6.46. The Labute approximate surface area is 120 Å². The first-order valence-corrected chi connectivity index (χ1v) is 8.59. The third kappa shape index (κ3) is 10.4. The molecule has 1 aliphatic rings. The van der Waals surface area contributed by atoms with Gasteiger partial charge in [0.25, 0.3) is 0 Å². The summed E-state index contributed by atoms with van der Waals surface area (Å²) in [5.41, 5.74) is 0. The first kappa shape index (κ1) is 17.0. The lowest BCUT2D eigenvalue weighted by molar-refractivity contribution is 0.0371. The van der Waals surface area contributed by atoms with Crippen LogP contribution in [0.5, 0.6) is 0 Å². The van der Waals surface area contributed by atoms with Crippen LogP contribution in [-0.2, 0) is 4.74 Å². The third-order valence-electron chi connectivity index (χ3n) is 4.11. The first-order chi connectivity index (χ1) is 9.29. The van der Waals surface area contributed by atoms with Gasteiger partial charge in [0.15, 0.2) is 0 Å². The van der Waals surface area contributed by atoms with Crippen LogP contribution >= 0.6 is 0 Å². The fourth-order valence-electron chi connectivity index (χ4n) is 2.77. The Morgan fingerprint density at radius 3 is 1.89 bits per heavy atom. The van der Waals surface area contributed by atoms with Crippen molar-refractivity contribution in [2.45, 2.75) is 71.6 Å². The molecular formula is C17H35NO. The Kier molecular flexibility index (Phi) is 10.5. The van der Waals surface area contributed by atoms with Crippen molar-refractivity contribution in [2.75, 3.05) is 32.8 Å². The SMILES string of the molecule is CC(C)CCCCCCCCCCN1CCOCC1. The van der Waals surface area contributed by atoms with Crippen LogP contribution in [0, 0.1) is 5.92 Å². The second kappa shape index (κ2) is 11.7. The average molecular weight is 269 g/mol. The summed E-state index contributed by atoms with van der Waals surface area (Å²) in [4.78, 5) is 2.55. The standard InChI is InChI=1S/C17H35NO/c1-17(2)11-9-7-5-3-4-6-8-10-12-18-13-15-19-16-14-18/h17H,3-16H2,1-2H3. The van der Waals surface area contributed by atoms with Crippen LogP contribution < -0.4 is 0 Å². The van der Waals surface area contributed by atoms with Crippen LogP contribution in [0.2, 0.25) is 0 Å². The largest absolute Gasteiger partial charge is 0.379 e. The number of morpholine rings is 1. The van der Waals surface area contributed by atoms with Crippen LogP contribution in [0.4, 0.5) is 0 Å². The van der Waals surface area contributed by atoms with E-state index in [0.717, 1.165) is 32.2 Å². The molecule has 0 unspecified atom stereocenters. The van der Waals surface area contributed by atoms with Gasteiger partial charge in [-0.05, 0) is 18.9 Å². The quantitative estimate of drug-likeness (QED) is 0.513. The van der Waals surface area contributed by atoms with Crippen LogP contribution in [-0.4, -0.2) is 37.7 Å². The number of rotatable bonds is 11. The molecule has 1 aliphatic heterocycles. The van der Waals surface area contributed by atoms with Gasteiger partial charge in [-0.1, -0.05) is 65.2 Å². The highest BCUT2D eigenvalue weighted by Crippen LogP contribution is 2.12. The number of unbranched alkanes of at least 4 members (excludes halogenated alkanes) is 7. The molecule has 0 aromatic carbocycles. The molecule has 1 heterocycles. The van der Waals surface area contributed by atoms with Gasteiger partial charge in [0.2, 0.25) is 0 Å². The van der Waals surface area contributed by atoms with Crippen molar-refractivity contribution in [3.63, 3.8) is 0 Å². The average Bonchev–Trinajstić information content (AvgIpc) is 2.42. The van der Waals surface area contributed by atoms with Gasteiger partial charge in [-0.25, -0.2) is 0 Å². The van der Waals surface area contributed by atoms with Gasteiger partial charge in [0.1, 0.15) is 0 Å². The molecule has 2 heteroatoms. The van der Waals surface area contributed by atoms with E-state index in [9.17, 15) is 0 Å². The van der Waals surface area contributed by atoms with E-state index in [1.54, 1.807) is 0 Å². The van der Waals surface area contributed by atoms with Crippen molar-refractivity contribution in [1.29, 1.82) is 0 Å². The number of ether oxygens (including phenoxy) is 1. The highest BCUT2D eigenvalue weighted by molar-refractivity contribution is 4.61. The molecule has 0 aromatic rings. The Hall–Kier alpha value is -0.0800. The molecule has 1 rings (SSSR count). The molecular weight excluding hydrogens is 234 g/mol. The van der Waals surface area contributed by atoms with Crippen LogP contribution in [0.15, 0.2) is 0 Å². The molecule has 114 valence electrons. The lowest BCUT2D eigenvalue weighted by atomic mass is 10.0. The number of hydrogen-bond acceptors (Lipinski definition) is 2. The number of hydrogen-bond donors (Lipinski definition) is 0. The summed E-state index contributed by atoms with van der Waals surface area (Å²) in [6.07, 6.45) is 12.9. The topological polar surface area (TPSA) is 12.5 Å². The Bertz CT molecular complexity index is 188. The molecule has 0 spiro atoms. The van der Waals surface area contributed by atoms with Gasteiger partial charge < -0.3 is 4.74 Å². The van der Waals surface area contributed by atoms with E-state index in [4.69, 9.17) is 4.74 Å². The normalized spacial score (nSPS) is 17.2. The van der Waals surface area contributed by atoms with Crippen molar-refractivity contribution in [2.24, 2.45) is 5.92 Å². The van der Waals surface area contributed by atoms with Gasteiger partial charge >= 0.3 is 0 Å². The van der Waals surface area contributed by atoms with E-state index in [2.05, 4.69) is 18.7 Å². The van der Waals surface area contributed by atoms with E-state index < -0.39 is 0 Å². The van der Waals surface area contributed by atoms with Gasteiger partial charge in [0, 0.05) is 13.1 Å². The predicted octanol–water partition coefficient (Wildman–Crippen LogP) is 4.49. The molecule has 0 amide bonds. The van der Waals surface area contributed by atoms with E-state index in [1.807, 2.05) is 0 Å². The van der Waals surface area contributed by atoms with Gasteiger partial charge in [-0.3, -0.25) is 4.90 Å². The molecule has 0 N–H and O–H groups in total. The minimum absolute atomic E-state index is 0.889. The van der Waals surface area contributed by atoms with Crippen LogP contribution in [0.25, 0.3) is 0 Å². The molecule has 19 heavy (non-hydrogen) atoms. The molecule has 0 radical (unpaired) electrons. The zero-order valence-corrected chi connectivity index (χ0v) is 13.3. The van der Waals surface area contributed by atoms with Crippen LogP contribution in [0.1, 0.15) is 71.6 Å². The Morgan fingerprint density at radius 2 is 1.32 bits per heavy atom. The minimum atomic E-state index is 0.889. The zero-order valence-electron chi connectivity index (χ0n) is 13.3. The summed E-state index contributed by atoms with van der Waals surface area (Å²) >= 11 is 0. The van der Waals surface area contributed by atoms with Gasteiger partial charge in [-0.2, -0.15) is 0 Å². The van der Waals surface area contributed by atoms with Gasteiger partial charge in [-0.15, -0.1) is 0 Å². The molecule has 1 saturated heterocycles. The Morgan fingerprint density at radius 1 is 0.789 bits per heavy atom. The maximum atomic E-state index is 5.36. The summed E-state index contributed by atoms with van der Waals surface area (Å²) < 4.78 is 5.36. The van der Waals surface area contributed by atoms with Crippen LogP contribution in [0.3, 0.4) is 0 Å². The lowest BCUT2D eigenvalue weighted by Gasteiger charge is -2.26.